The number of rotatable bonds is 5. The molecule has 1 aliphatic rings. The number of aliphatic imine (C=N–C) groups is 1. The van der Waals surface area contributed by atoms with Crippen molar-refractivity contribution in [3.8, 4) is 5.75 Å². The van der Waals surface area contributed by atoms with Crippen molar-refractivity contribution >= 4 is 17.9 Å². The van der Waals surface area contributed by atoms with E-state index in [0.29, 0.717) is 12.5 Å². The molecule has 0 amide bonds. The molecule has 4 heteroatoms. The van der Waals surface area contributed by atoms with Gasteiger partial charge in [-0.05, 0) is 48.4 Å². The molecule has 4 nitrogen and oxygen atoms in total. The van der Waals surface area contributed by atoms with E-state index in [-0.39, 0.29) is 5.70 Å². The molecule has 138 valence electrons. The van der Waals surface area contributed by atoms with Crippen molar-refractivity contribution in [3.05, 3.63) is 107 Å². The van der Waals surface area contributed by atoms with Gasteiger partial charge in [0.1, 0.15) is 12.4 Å². The van der Waals surface area contributed by atoms with Crippen LogP contribution in [-0.2, 0) is 16.1 Å². The van der Waals surface area contributed by atoms with Crippen LogP contribution in [0.15, 0.2) is 89.6 Å². The van der Waals surface area contributed by atoms with Crippen molar-refractivity contribution < 1.29 is 14.3 Å². The first-order chi connectivity index (χ1) is 13.7. The molecular weight excluding hydrogens is 350 g/mol. The van der Waals surface area contributed by atoms with E-state index in [4.69, 9.17) is 9.47 Å². The molecular formula is C24H19NO3. The van der Waals surface area contributed by atoms with Gasteiger partial charge in [-0.2, -0.15) is 0 Å². The molecule has 0 aliphatic carbocycles. The SMILES string of the molecule is Cc1cccc(C2=N/C(=C\c3cccc(OCc4ccccc4)c3)C(=O)O2)c1. The fourth-order valence-corrected chi connectivity index (χ4v) is 2.90. The lowest BCUT2D eigenvalue weighted by atomic mass is 10.1. The van der Waals surface area contributed by atoms with E-state index in [2.05, 4.69) is 4.99 Å². The number of carbonyl (C=O) groups is 1. The van der Waals surface area contributed by atoms with Crippen molar-refractivity contribution in [2.24, 2.45) is 4.99 Å². The zero-order valence-corrected chi connectivity index (χ0v) is 15.5. The molecule has 0 unspecified atom stereocenters. The Bertz CT molecular complexity index is 1070. The number of benzene rings is 3. The third-order valence-electron chi connectivity index (χ3n) is 4.30. The summed E-state index contributed by atoms with van der Waals surface area (Å²) in [6, 6.07) is 25.2. The molecule has 0 fully saturated rings. The summed E-state index contributed by atoms with van der Waals surface area (Å²) < 4.78 is 11.2. The summed E-state index contributed by atoms with van der Waals surface area (Å²) in [5, 5.41) is 0. The molecule has 1 heterocycles. The summed E-state index contributed by atoms with van der Waals surface area (Å²) in [6.07, 6.45) is 1.71. The molecule has 0 saturated carbocycles. The molecule has 4 rings (SSSR count). The Morgan fingerprint density at radius 1 is 0.964 bits per heavy atom. The number of esters is 1. The van der Waals surface area contributed by atoms with E-state index in [1.165, 1.54) is 0 Å². The average Bonchev–Trinajstić information content (AvgIpc) is 3.08. The molecule has 0 saturated heterocycles. The van der Waals surface area contributed by atoms with Gasteiger partial charge >= 0.3 is 5.97 Å². The Morgan fingerprint density at radius 2 is 1.79 bits per heavy atom. The van der Waals surface area contributed by atoms with Crippen LogP contribution in [0.25, 0.3) is 6.08 Å². The lowest BCUT2D eigenvalue weighted by molar-refractivity contribution is -0.129. The summed E-state index contributed by atoms with van der Waals surface area (Å²) in [6.45, 7) is 2.47. The number of nitrogens with zero attached hydrogens (tertiary/aromatic N) is 1. The van der Waals surface area contributed by atoms with Gasteiger partial charge in [0, 0.05) is 5.56 Å². The lowest BCUT2D eigenvalue weighted by Gasteiger charge is -2.07. The van der Waals surface area contributed by atoms with Crippen molar-refractivity contribution in [2.75, 3.05) is 0 Å². The highest BCUT2D eigenvalue weighted by Gasteiger charge is 2.24. The standard InChI is InChI=1S/C24H19NO3/c1-17-7-5-11-20(13-17)23-25-22(24(26)28-23)15-19-10-6-12-21(14-19)27-16-18-8-3-2-4-9-18/h2-15H,16H2,1H3/b22-15-. The van der Waals surface area contributed by atoms with E-state index in [1.54, 1.807) is 6.08 Å². The molecule has 3 aromatic rings. The molecule has 0 spiro atoms. The van der Waals surface area contributed by atoms with Crippen LogP contribution in [0.3, 0.4) is 0 Å². The minimum absolute atomic E-state index is 0.275. The van der Waals surface area contributed by atoms with Crippen LogP contribution in [0.2, 0.25) is 0 Å². The molecule has 1 aliphatic heterocycles. The molecule has 0 N–H and O–H groups in total. The fraction of sp³-hybridized carbons (Fsp3) is 0.0833. The molecule has 0 aromatic heterocycles. The number of hydrogen-bond donors (Lipinski definition) is 0. The van der Waals surface area contributed by atoms with Gasteiger partial charge in [-0.3, -0.25) is 0 Å². The van der Waals surface area contributed by atoms with Crippen molar-refractivity contribution in [1.82, 2.24) is 0 Å². The summed E-state index contributed by atoms with van der Waals surface area (Å²) >= 11 is 0. The van der Waals surface area contributed by atoms with Gasteiger partial charge in [0.25, 0.3) is 0 Å². The average molecular weight is 369 g/mol. The minimum Gasteiger partial charge on any atom is -0.489 e. The highest BCUT2D eigenvalue weighted by molar-refractivity contribution is 6.12. The zero-order valence-electron chi connectivity index (χ0n) is 15.5. The third-order valence-corrected chi connectivity index (χ3v) is 4.30. The Kier molecular flexibility index (Phi) is 5.02. The Labute approximate surface area is 163 Å². The molecule has 0 atom stereocenters. The van der Waals surface area contributed by atoms with Crippen LogP contribution in [0.5, 0.6) is 5.75 Å². The molecule has 3 aromatic carbocycles. The van der Waals surface area contributed by atoms with Crippen LogP contribution in [-0.4, -0.2) is 11.9 Å². The Morgan fingerprint density at radius 3 is 2.61 bits per heavy atom. The number of cyclic esters (lactones) is 1. The van der Waals surface area contributed by atoms with Gasteiger partial charge in [0.2, 0.25) is 5.90 Å². The molecule has 0 radical (unpaired) electrons. The predicted octanol–water partition coefficient (Wildman–Crippen LogP) is 4.92. The number of aryl methyl sites for hydroxylation is 1. The Hall–Kier alpha value is -3.66. The highest BCUT2D eigenvalue weighted by Crippen LogP contribution is 2.22. The maximum Gasteiger partial charge on any atom is 0.363 e. The van der Waals surface area contributed by atoms with Crippen LogP contribution in [0, 0.1) is 6.92 Å². The maximum atomic E-state index is 12.2. The molecule has 28 heavy (non-hydrogen) atoms. The van der Waals surface area contributed by atoms with E-state index >= 15 is 0 Å². The summed E-state index contributed by atoms with van der Waals surface area (Å²) in [5.41, 5.74) is 4.06. The van der Waals surface area contributed by atoms with E-state index in [9.17, 15) is 4.79 Å². The van der Waals surface area contributed by atoms with Gasteiger partial charge in [-0.1, -0.05) is 60.2 Å². The third kappa shape index (κ3) is 4.18. The monoisotopic (exact) mass is 369 g/mol. The van der Waals surface area contributed by atoms with Crippen molar-refractivity contribution in [2.45, 2.75) is 13.5 Å². The Balaban J connectivity index is 1.52. The number of carbonyl (C=O) groups excluding carboxylic acids is 1. The summed E-state index contributed by atoms with van der Waals surface area (Å²) in [5.74, 6) is 0.607. The van der Waals surface area contributed by atoms with E-state index in [1.807, 2.05) is 85.8 Å². The predicted molar refractivity (Wildman–Crippen MR) is 109 cm³/mol. The highest BCUT2D eigenvalue weighted by atomic mass is 16.6. The lowest BCUT2D eigenvalue weighted by Crippen LogP contribution is -2.05. The maximum absolute atomic E-state index is 12.2. The van der Waals surface area contributed by atoms with Crippen molar-refractivity contribution in [3.63, 3.8) is 0 Å². The normalized spacial score (nSPS) is 14.7. The zero-order chi connectivity index (χ0) is 19.3. The van der Waals surface area contributed by atoms with Gasteiger partial charge in [-0.15, -0.1) is 0 Å². The quantitative estimate of drug-likeness (QED) is 0.474. The van der Waals surface area contributed by atoms with Crippen molar-refractivity contribution in [1.29, 1.82) is 0 Å². The van der Waals surface area contributed by atoms with Gasteiger partial charge in [0.15, 0.2) is 5.70 Å². The van der Waals surface area contributed by atoms with Crippen LogP contribution < -0.4 is 4.74 Å². The van der Waals surface area contributed by atoms with Gasteiger partial charge in [0.05, 0.1) is 0 Å². The second kappa shape index (κ2) is 7.92. The first-order valence-electron chi connectivity index (χ1n) is 9.04. The topological polar surface area (TPSA) is 47.9 Å². The second-order valence-electron chi connectivity index (χ2n) is 6.55. The fourth-order valence-electron chi connectivity index (χ4n) is 2.90. The van der Waals surface area contributed by atoms with E-state index < -0.39 is 5.97 Å². The largest absolute Gasteiger partial charge is 0.489 e. The first kappa shape index (κ1) is 17.7. The summed E-state index contributed by atoms with van der Waals surface area (Å²) in [7, 11) is 0. The minimum atomic E-state index is -0.452. The summed E-state index contributed by atoms with van der Waals surface area (Å²) in [4.78, 5) is 16.6. The van der Waals surface area contributed by atoms with Crippen LogP contribution in [0.4, 0.5) is 0 Å². The smallest absolute Gasteiger partial charge is 0.363 e. The second-order valence-corrected chi connectivity index (χ2v) is 6.55. The van der Waals surface area contributed by atoms with Crippen LogP contribution in [0.1, 0.15) is 22.3 Å². The van der Waals surface area contributed by atoms with Crippen LogP contribution >= 0.6 is 0 Å². The van der Waals surface area contributed by atoms with Gasteiger partial charge in [-0.25, -0.2) is 9.79 Å². The van der Waals surface area contributed by atoms with Gasteiger partial charge < -0.3 is 9.47 Å². The molecule has 0 bridgehead atoms. The number of hydrogen-bond acceptors (Lipinski definition) is 4. The van der Waals surface area contributed by atoms with E-state index in [0.717, 1.165) is 28.0 Å². The first-order valence-corrected chi connectivity index (χ1v) is 9.04. The number of ether oxygens (including phenoxy) is 2.